The maximum absolute atomic E-state index is 13.4. The molecule has 28 heteroatoms. The van der Waals surface area contributed by atoms with Crippen LogP contribution in [0.3, 0.4) is 0 Å². The number of carboxylic acids is 2. The third-order valence-corrected chi connectivity index (χ3v) is 9.87. The Kier molecular flexibility index (Phi) is 22.3. The number of primary amides is 1. The van der Waals surface area contributed by atoms with Gasteiger partial charge in [-0.15, -0.1) is 0 Å². The molecule has 2 rings (SSSR count). The number of amides is 7. The average molecular weight is 925 g/mol. The molecule has 0 saturated carbocycles. The van der Waals surface area contributed by atoms with Crippen molar-refractivity contribution in [1.82, 2.24) is 31.9 Å². The summed E-state index contributed by atoms with van der Waals surface area (Å²) in [5, 5.41) is 85.1. The van der Waals surface area contributed by atoms with Gasteiger partial charge in [-0.2, -0.15) is 0 Å². The number of carboxylic acid groups (broad SMARTS) is 2. The van der Waals surface area contributed by atoms with Crippen molar-refractivity contribution in [3.63, 3.8) is 0 Å². The number of aliphatic hydroxyl groups is 5. The number of carbonyl (C=O) groups is 9. The van der Waals surface area contributed by atoms with E-state index in [-0.39, 0.29) is 19.4 Å². The Morgan fingerprint density at radius 1 is 0.719 bits per heavy atom. The van der Waals surface area contributed by atoms with Crippen LogP contribution in [0.25, 0.3) is 0 Å². The Hall–Kier alpha value is -5.17. The zero-order valence-electron chi connectivity index (χ0n) is 35.4. The summed E-state index contributed by atoms with van der Waals surface area (Å²) in [5.41, 5.74) is 10.5. The van der Waals surface area contributed by atoms with Gasteiger partial charge in [-0.3, -0.25) is 33.6 Å². The summed E-state index contributed by atoms with van der Waals surface area (Å²) in [5.74, 6) is -8.92. The predicted octanol–water partition coefficient (Wildman–Crippen LogP) is -8.17. The van der Waals surface area contributed by atoms with Crippen LogP contribution in [-0.4, -0.2) is 200 Å². The van der Waals surface area contributed by atoms with Gasteiger partial charge in [-0.25, -0.2) is 9.59 Å². The summed E-state index contributed by atoms with van der Waals surface area (Å²) < 4.78 is 23.1. The van der Waals surface area contributed by atoms with Crippen LogP contribution in [0.1, 0.15) is 59.8 Å². The standard InChI is InChI=1S/C36H60N8O20/c1-13(30(53)44-19(34(58)59)7-8-23(50)43-18(33(56)57)6-5-9-39-32(55)17(37)10-22(38)49)40-31(54)14(2)61-29-25(42-16(4)48)35(60)62-21(12-46)28(29)64-36-24(41-15(3)47)27(52)26(51)20(11-45)63-36/h13-14,17-21,24-29,35-36,45-46,51-52,60H,5-12,37H2,1-4H3,(H2,38,49)(H,39,55)(H,40,54)(H,41,47)(H,42,48)(H,43,50)(H,44,53)(H,56,57)(H,58,59). The third-order valence-electron chi connectivity index (χ3n) is 9.87. The zero-order valence-corrected chi connectivity index (χ0v) is 35.4. The van der Waals surface area contributed by atoms with Crippen molar-refractivity contribution in [3.05, 3.63) is 0 Å². The molecule has 2 fully saturated rings. The van der Waals surface area contributed by atoms with Crippen molar-refractivity contribution in [1.29, 1.82) is 0 Å². The summed E-state index contributed by atoms with van der Waals surface area (Å²) in [6, 6.07) is -8.89. The van der Waals surface area contributed by atoms with Crippen LogP contribution in [0.15, 0.2) is 0 Å². The van der Waals surface area contributed by atoms with Crippen molar-refractivity contribution in [3.8, 4) is 0 Å². The summed E-state index contributed by atoms with van der Waals surface area (Å²) in [6.07, 6.45) is -16.5. The molecule has 0 aromatic heterocycles. The number of nitrogens with two attached hydrogens (primary N) is 2. The first kappa shape index (κ1) is 55.0. The van der Waals surface area contributed by atoms with Crippen LogP contribution in [0.2, 0.25) is 0 Å². The van der Waals surface area contributed by atoms with Gasteiger partial charge in [-0.1, -0.05) is 0 Å². The fourth-order valence-electron chi connectivity index (χ4n) is 6.53. The number of carbonyl (C=O) groups excluding carboxylic acids is 7. The number of hydrogen-bond acceptors (Lipinski definition) is 19. The molecule has 7 amide bonds. The molecular formula is C36H60N8O20. The van der Waals surface area contributed by atoms with Gasteiger partial charge in [0.15, 0.2) is 12.6 Å². The van der Waals surface area contributed by atoms with E-state index in [1.165, 1.54) is 13.8 Å². The van der Waals surface area contributed by atoms with Crippen molar-refractivity contribution >= 4 is 53.3 Å². The number of nitrogens with one attached hydrogen (secondary N) is 6. The molecule has 0 aliphatic carbocycles. The smallest absolute Gasteiger partial charge is 0.326 e. The minimum absolute atomic E-state index is 0.0518. The Labute approximate surface area is 365 Å². The van der Waals surface area contributed by atoms with Gasteiger partial charge >= 0.3 is 11.9 Å². The number of rotatable bonds is 25. The van der Waals surface area contributed by atoms with E-state index in [2.05, 4.69) is 31.9 Å². The van der Waals surface area contributed by atoms with Gasteiger partial charge in [-0.05, 0) is 33.1 Å². The van der Waals surface area contributed by atoms with E-state index < -0.39 is 177 Å². The topological polar surface area (TPSA) is 456 Å². The highest BCUT2D eigenvalue weighted by Gasteiger charge is 2.53. The van der Waals surface area contributed by atoms with E-state index in [1.807, 2.05) is 0 Å². The van der Waals surface area contributed by atoms with Crippen LogP contribution < -0.4 is 43.4 Å². The Bertz CT molecular complexity index is 1660. The molecule has 2 aliphatic heterocycles. The molecule has 64 heavy (non-hydrogen) atoms. The van der Waals surface area contributed by atoms with E-state index in [1.54, 1.807) is 0 Å². The number of hydrogen-bond donors (Lipinski definition) is 15. The number of ether oxygens (including phenoxy) is 4. The lowest BCUT2D eigenvalue weighted by Crippen LogP contribution is -2.70. The summed E-state index contributed by atoms with van der Waals surface area (Å²) in [7, 11) is 0. The Morgan fingerprint density at radius 3 is 1.84 bits per heavy atom. The summed E-state index contributed by atoms with van der Waals surface area (Å²) in [4.78, 5) is 110. The minimum Gasteiger partial charge on any atom is -0.480 e. The van der Waals surface area contributed by atoms with Gasteiger partial charge in [0, 0.05) is 26.8 Å². The molecule has 0 aromatic carbocycles. The average Bonchev–Trinajstić information content (AvgIpc) is 3.20. The van der Waals surface area contributed by atoms with Crippen LogP contribution in [-0.2, 0) is 62.1 Å². The molecular weight excluding hydrogens is 864 g/mol. The van der Waals surface area contributed by atoms with E-state index in [0.717, 1.165) is 13.8 Å². The van der Waals surface area contributed by atoms with Crippen LogP contribution in [0, 0.1) is 0 Å². The number of aliphatic hydroxyl groups excluding tert-OH is 5. The lowest BCUT2D eigenvalue weighted by molar-refractivity contribution is -0.333. The van der Waals surface area contributed by atoms with E-state index in [9.17, 15) is 78.9 Å². The molecule has 2 saturated heterocycles. The van der Waals surface area contributed by atoms with Crippen LogP contribution in [0.5, 0.6) is 0 Å². The van der Waals surface area contributed by atoms with Gasteiger partial charge in [0.2, 0.25) is 41.4 Å². The van der Waals surface area contributed by atoms with Gasteiger partial charge in [0.1, 0.15) is 72.9 Å². The quantitative estimate of drug-likeness (QED) is 0.0378. The maximum atomic E-state index is 13.4. The van der Waals surface area contributed by atoms with Crippen LogP contribution >= 0.6 is 0 Å². The fraction of sp³-hybridized carbons (Fsp3) is 0.750. The zero-order chi connectivity index (χ0) is 48.6. The molecule has 2 aliphatic rings. The van der Waals surface area contributed by atoms with Gasteiger partial charge in [0.25, 0.3) is 0 Å². The minimum atomic E-state index is -1.90. The fourth-order valence-corrected chi connectivity index (χ4v) is 6.53. The third kappa shape index (κ3) is 16.8. The molecule has 0 spiro atoms. The first-order chi connectivity index (χ1) is 29.9. The largest absolute Gasteiger partial charge is 0.480 e. The highest BCUT2D eigenvalue weighted by atomic mass is 16.7. The molecule has 17 N–H and O–H groups in total. The maximum Gasteiger partial charge on any atom is 0.326 e. The highest BCUT2D eigenvalue weighted by Crippen LogP contribution is 2.31. The SMILES string of the molecule is CC(=O)NC1C(OC2C(CO)OC(O)C(NC(C)=O)C2OC(C)C(=O)NC(C)C(=O)NC(CCC(=O)NC(CCCNC(=O)C(N)CC(N)=O)C(=O)O)C(=O)O)OC(CO)C(O)C1O. The van der Waals surface area contributed by atoms with E-state index >= 15 is 0 Å². The molecule has 15 atom stereocenters. The summed E-state index contributed by atoms with van der Waals surface area (Å²) >= 11 is 0. The molecule has 2 heterocycles. The summed E-state index contributed by atoms with van der Waals surface area (Å²) in [6.45, 7) is 2.73. The molecule has 0 aromatic rings. The van der Waals surface area contributed by atoms with Crippen molar-refractivity contribution in [2.75, 3.05) is 19.8 Å². The molecule has 15 unspecified atom stereocenters. The normalized spacial score (nSPS) is 27.8. The highest BCUT2D eigenvalue weighted by molar-refractivity contribution is 5.91. The lowest BCUT2D eigenvalue weighted by atomic mass is 9.94. The lowest BCUT2D eigenvalue weighted by Gasteiger charge is -2.48. The Morgan fingerprint density at radius 2 is 1.30 bits per heavy atom. The first-order valence-corrected chi connectivity index (χ1v) is 20.0. The molecule has 0 bridgehead atoms. The van der Waals surface area contributed by atoms with Crippen molar-refractivity contribution < 1.29 is 97.8 Å². The van der Waals surface area contributed by atoms with Crippen molar-refractivity contribution in [2.45, 2.75) is 151 Å². The van der Waals surface area contributed by atoms with Crippen molar-refractivity contribution in [2.24, 2.45) is 11.5 Å². The Balaban J connectivity index is 2.13. The van der Waals surface area contributed by atoms with Crippen LogP contribution in [0.4, 0.5) is 0 Å². The first-order valence-electron chi connectivity index (χ1n) is 20.0. The second-order valence-corrected chi connectivity index (χ2v) is 15.1. The molecule has 0 radical (unpaired) electrons. The monoisotopic (exact) mass is 924 g/mol. The second kappa shape index (κ2) is 26.0. The number of aliphatic carboxylic acids is 2. The van der Waals surface area contributed by atoms with Gasteiger partial charge in [0.05, 0.1) is 25.7 Å². The van der Waals surface area contributed by atoms with E-state index in [4.69, 9.17) is 30.4 Å². The predicted molar refractivity (Wildman–Crippen MR) is 210 cm³/mol. The molecule has 364 valence electrons. The van der Waals surface area contributed by atoms with Gasteiger partial charge < -0.3 is 98.1 Å². The van der Waals surface area contributed by atoms with E-state index in [0.29, 0.717) is 0 Å². The molecule has 28 nitrogen and oxygen atoms in total. The second-order valence-electron chi connectivity index (χ2n) is 15.1.